The van der Waals surface area contributed by atoms with Crippen LogP contribution in [0.25, 0.3) is 0 Å². The van der Waals surface area contributed by atoms with Gasteiger partial charge >= 0.3 is 0 Å². The third-order valence-corrected chi connectivity index (χ3v) is 2.47. The number of rotatable bonds is 4. The zero-order chi connectivity index (χ0) is 12.0. The maximum Gasteiger partial charge on any atom is 0.106 e. The number of benzene rings is 1. The van der Waals surface area contributed by atoms with Crippen molar-refractivity contribution in [2.75, 3.05) is 18.0 Å². The van der Waals surface area contributed by atoms with Crippen LogP contribution in [-0.2, 0) is 6.61 Å². The van der Waals surface area contributed by atoms with Crippen LogP contribution in [0, 0.1) is 22.7 Å². The quantitative estimate of drug-likeness (QED) is 0.806. The van der Waals surface area contributed by atoms with Gasteiger partial charge in [0, 0.05) is 16.3 Å². The first-order valence-electron chi connectivity index (χ1n) is 4.61. The molecule has 5 heteroatoms. The van der Waals surface area contributed by atoms with E-state index in [9.17, 15) is 5.11 Å². The molecule has 0 aliphatic heterocycles. The first kappa shape index (κ1) is 12.3. The highest BCUT2D eigenvalue weighted by atomic mass is 35.5. The van der Waals surface area contributed by atoms with Gasteiger partial charge in [0.2, 0.25) is 0 Å². The molecule has 1 rings (SSSR count). The van der Waals surface area contributed by atoms with E-state index in [0.29, 0.717) is 16.3 Å². The maximum atomic E-state index is 9.21. The van der Waals surface area contributed by atoms with Crippen LogP contribution in [0.1, 0.15) is 5.56 Å². The van der Waals surface area contributed by atoms with Crippen molar-refractivity contribution in [3.8, 4) is 12.1 Å². The van der Waals surface area contributed by atoms with Crippen molar-refractivity contribution in [2.45, 2.75) is 6.61 Å². The van der Waals surface area contributed by atoms with Crippen molar-refractivity contribution < 1.29 is 5.11 Å². The first-order chi connectivity index (χ1) is 7.74. The number of aliphatic hydroxyl groups excluding tert-OH is 1. The standard InChI is InChI=1S/C11H10ClN3O/c12-10-2-1-3-11(9(10)8-16)15(6-4-13)7-5-14/h1-3,16H,6-8H2. The average Bonchev–Trinajstić information content (AvgIpc) is 2.28. The molecule has 1 N–H and O–H groups in total. The Morgan fingerprint density at radius 1 is 1.25 bits per heavy atom. The van der Waals surface area contributed by atoms with Gasteiger partial charge < -0.3 is 10.0 Å². The van der Waals surface area contributed by atoms with Crippen molar-refractivity contribution in [1.29, 1.82) is 10.5 Å². The smallest absolute Gasteiger partial charge is 0.106 e. The number of hydrogen-bond donors (Lipinski definition) is 1. The van der Waals surface area contributed by atoms with Gasteiger partial charge in [0.05, 0.1) is 18.7 Å². The molecule has 0 saturated carbocycles. The topological polar surface area (TPSA) is 71.0 Å². The maximum absolute atomic E-state index is 9.21. The molecule has 0 fully saturated rings. The molecule has 0 aliphatic rings. The summed E-state index contributed by atoms with van der Waals surface area (Å²) < 4.78 is 0. The fourth-order valence-electron chi connectivity index (χ4n) is 1.40. The molecule has 0 atom stereocenters. The molecule has 0 aliphatic carbocycles. The average molecular weight is 236 g/mol. The number of halogens is 1. The highest BCUT2D eigenvalue weighted by Crippen LogP contribution is 2.27. The van der Waals surface area contributed by atoms with Gasteiger partial charge in [-0.1, -0.05) is 17.7 Å². The summed E-state index contributed by atoms with van der Waals surface area (Å²) in [5.41, 5.74) is 1.16. The van der Waals surface area contributed by atoms with Gasteiger partial charge in [-0.3, -0.25) is 0 Å². The van der Waals surface area contributed by atoms with E-state index in [1.165, 1.54) is 0 Å². The molecule has 4 nitrogen and oxygen atoms in total. The Kier molecular flexibility index (Phi) is 4.60. The van der Waals surface area contributed by atoms with Crippen LogP contribution in [0.2, 0.25) is 5.02 Å². The molecule has 0 heterocycles. The number of nitriles is 2. The van der Waals surface area contributed by atoms with Crippen molar-refractivity contribution in [1.82, 2.24) is 0 Å². The normalized spacial score (nSPS) is 9.25. The number of hydrogen-bond acceptors (Lipinski definition) is 4. The molecule has 16 heavy (non-hydrogen) atoms. The van der Waals surface area contributed by atoms with Gasteiger partial charge in [-0.15, -0.1) is 0 Å². The van der Waals surface area contributed by atoms with Crippen LogP contribution in [0.15, 0.2) is 18.2 Å². The van der Waals surface area contributed by atoms with E-state index in [0.717, 1.165) is 0 Å². The van der Waals surface area contributed by atoms with E-state index >= 15 is 0 Å². The lowest BCUT2D eigenvalue weighted by Gasteiger charge is -2.21. The Labute approximate surface area is 98.9 Å². The van der Waals surface area contributed by atoms with Crippen LogP contribution in [-0.4, -0.2) is 18.2 Å². The zero-order valence-corrected chi connectivity index (χ0v) is 9.28. The van der Waals surface area contributed by atoms with E-state index in [4.69, 9.17) is 22.1 Å². The summed E-state index contributed by atoms with van der Waals surface area (Å²) in [5.74, 6) is 0. The molecule has 0 amide bonds. The third kappa shape index (κ3) is 2.64. The van der Waals surface area contributed by atoms with Crippen molar-refractivity contribution in [2.24, 2.45) is 0 Å². The summed E-state index contributed by atoms with van der Waals surface area (Å²) in [6.45, 7) is -0.0514. The first-order valence-corrected chi connectivity index (χ1v) is 4.99. The van der Waals surface area contributed by atoms with Crippen molar-refractivity contribution in [3.05, 3.63) is 28.8 Å². The van der Waals surface area contributed by atoms with Crippen LogP contribution < -0.4 is 4.90 Å². The van der Waals surface area contributed by atoms with E-state index < -0.39 is 0 Å². The Hall–Kier alpha value is -1.75. The molecule has 0 aromatic heterocycles. The van der Waals surface area contributed by atoms with Gasteiger partial charge in [-0.25, -0.2) is 0 Å². The minimum Gasteiger partial charge on any atom is -0.392 e. The highest BCUT2D eigenvalue weighted by Gasteiger charge is 2.12. The molecule has 1 aromatic rings. The molecule has 82 valence electrons. The van der Waals surface area contributed by atoms with Gasteiger partial charge in [-0.2, -0.15) is 10.5 Å². The van der Waals surface area contributed by atoms with Gasteiger partial charge in [-0.05, 0) is 12.1 Å². The van der Waals surface area contributed by atoms with E-state index in [1.54, 1.807) is 23.1 Å². The lowest BCUT2D eigenvalue weighted by atomic mass is 10.1. The zero-order valence-electron chi connectivity index (χ0n) is 8.52. The largest absolute Gasteiger partial charge is 0.392 e. The monoisotopic (exact) mass is 235 g/mol. The summed E-state index contributed by atoms with van der Waals surface area (Å²) in [5, 5.41) is 27.0. The lowest BCUT2D eigenvalue weighted by Crippen LogP contribution is -2.25. The second kappa shape index (κ2) is 5.97. The third-order valence-electron chi connectivity index (χ3n) is 2.12. The summed E-state index contributed by atoms with van der Waals surface area (Å²) >= 11 is 5.92. The second-order valence-electron chi connectivity index (χ2n) is 3.07. The summed E-state index contributed by atoms with van der Waals surface area (Å²) in [6, 6.07) is 9.05. The molecule has 0 saturated heterocycles. The van der Waals surface area contributed by atoms with Gasteiger partial charge in [0.15, 0.2) is 0 Å². The van der Waals surface area contributed by atoms with Crippen molar-refractivity contribution >= 4 is 17.3 Å². The van der Waals surface area contributed by atoms with E-state index in [1.807, 2.05) is 12.1 Å². The predicted molar refractivity (Wildman–Crippen MR) is 60.8 cm³/mol. The lowest BCUT2D eigenvalue weighted by molar-refractivity contribution is 0.282. The fraction of sp³-hybridized carbons (Fsp3) is 0.273. The van der Waals surface area contributed by atoms with Gasteiger partial charge in [0.1, 0.15) is 13.1 Å². The van der Waals surface area contributed by atoms with Gasteiger partial charge in [0.25, 0.3) is 0 Å². The summed E-state index contributed by atoms with van der Waals surface area (Å²) in [4.78, 5) is 1.57. The fourth-order valence-corrected chi connectivity index (χ4v) is 1.63. The number of nitrogens with zero attached hydrogens (tertiary/aromatic N) is 3. The highest BCUT2D eigenvalue weighted by molar-refractivity contribution is 6.31. The number of anilines is 1. The molecule has 0 bridgehead atoms. The Morgan fingerprint density at radius 3 is 2.38 bits per heavy atom. The Morgan fingerprint density at radius 2 is 1.88 bits per heavy atom. The SMILES string of the molecule is N#CCN(CC#N)c1cccc(Cl)c1CO. The summed E-state index contributed by atoms with van der Waals surface area (Å²) in [6.07, 6.45) is 0. The van der Waals surface area contributed by atoms with E-state index in [-0.39, 0.29) is 19.7 Å². The Bertz CT molecular complexity index is 432. The molecule has 1 aromatic carbocycles. The van der Waals surface area contributed by atoms with Crippen LogP contribution >= 0.6 is 11.6 Å². The van der Waals surface area contributed by atoms with Crippen LogP contribution in [0.4, 0.5) is 5.69 Å². The minimum atomic E-state index is -0.220. The number of aliphatic hydroxyl groups is 1. The molecular formula is C11H10ClN3O. The molecule has 0 radical (unpaired) electrons. The Balaban J connectivity index is 3.14. The summed E-state index contributed by atoms with van der Waals surface area (Å²) in [7, 11) is 0. The van der Waals surface area contributed by atoms with E-state index in [2.05, 4.69) is 0 Å². The van der Waals surface area contributed by atoms with Crippen molar-refractivity contribution in [3.63, 3.8) is 0 Å². The predicted octanol–water partition coefficient (Wildman–Crippen LogP) is 1.69. The molecule has 0 spiro atoms. The molecule has 0 unspecified atom stereocenters. The second-order valence-corrected chi connectivity index (χ2v) is 3.48. The van der Waals surface area contributed by atoms with Crippen LogP contribution in [0.3, 0.4) is 0 Å². The minimum absolute atomic E-state index is 0.0842. The molecular weight excluding hydrogens is 226 g/mol. The van der Waals surface area contributed by atoms with Crippen LogP contribution in [0.5, 0.6) is 0 Å².